The molecular formula is C28H40O4. The highest BCUT2D eigenvalue weighted by Crippen LogP contribution is 2.66. The zero-order chi connectivity index (χ0) is 24.6. The lowest BCUT2D eigenvalue weighted by molar-refractivity contribution is -0.171. The number of carbonyl (C=O) groups is 3. The van der Waals surface area contributed by atoms with Crippen LogP contribution in [0.3, 0.4) is 0 Å². The highest BCUT2D eigenvalue weighted by molar-refractivity contribution is 6.31. The molecule has 0 amide bonds. The highest BCUT2D eigenvalue weighted by atomic mass is 16.3. The third kappa shape index (κ3) is 3.97. The van der Waals surface area contributed by atoms with Crippen LogP contribution in [0.15, 0.2) is 46.3 Å². The fraction of sp³-hybridized carbons (Fsp3) is 0.607. The maximum Gasteiger partial charge on any atom is 0.184 e. The Balaban J connectivity index is 2.96. The molecule has 2 aliphatic carbocycles. The van der Waals surface area contributed by atoms with Gasteiger partial charge < -0.3 is 5.11 Å². The summed E-state index contributed by atoms with van der Waals surface area (Å²) in [4.78, 5) is 41.0. The maximum absolute atomic E-state index is 14.4. The number of hydrogen-bond acceptors (Lipinski definition) is 4. The fourth-order valence-corrected chi connectivity index (χ4v) is 5.52. The third-order valence-electron chi connectivity index (χ3n) is 7.68. The van der Waals surface area contributed by atoms with E-state index in [0.717, 1.165) is 11.1 Å². The Morgan fingerprint density at radius 1 is 0.906 bits per heavy atom. The maximum atomic E-state index is 14.4. The van der Waals surface area contributed by atoms with Crippen LogP contribution in [0.25, 0.3) is 0 Å². The minimum absolute atomic E-state index is 0.00849. The van der Waals surface area contributed by atoms with Gasteiger partial charge in [-0.2, -0.15) is 0 Å². The summed E-state index contributed by atoms with van der Waals surface area (Å²) in [5.41, 5.74) is -0.280. The van der Waals surface area contributed by atoms with Gasteiger partial charge in [0.25, 0.3) is 0 Å². The zero-order valence-corrected chi connectivity index (χ0v) is 21.3. The first-order chi connectivity index (χ1) is 14.6. The fourth-order valence-electron chi connectivity index (χ4n) is 5.52. The van der Waals surface area contributed by atoms with Gasteiger partial charge in [-0.1, -0.05) is 48.8 Å². The minimum Gasteiger partial charge on any atom is -0.510 e. The molecule has 2 aliphatic rings. The second-order valence-electron chi connectivity index (χ2n) is 11.0. The summed E-state index contributed by atoms with van der Waals surface area (Å²) in [7, 11) is 0. The molecule has 0 aliphatic heterocycles. The van der Waals surface area contributed by atoms with E-state index in [9.17, 15) is 19.5 Å². The second-order valence-corrected chi connectivity index (χ2v) is 11.0. The van der Waals surface area contributed by atoms with E-state index in [1.807, 2.05) is 67.5 Å². The van der Waals surface area contributed by atoms with Gasteiger partial charge in [0, 0.05) is 0 Å². The van der Waals surface area contributed by atoms with Crippen LogP contribution in [0, 0.1) is 22.2 Å². The number of hydrogen-bond donors (Lipinski definition) is 1. The molecule has 0 spiro atoms. The van der Waals surface area contributed by atoms with Crippen molar-refractivity contribution in [1.82, 2.24) is 0 Å². The summed E-state index contributed by atoms with van der Waals surface area (Å²) in [5, 5.41) is 11.4. The smallest absolute Gasteiger partial charge is 0.184 e. The molecule has 176 valence electrons. The standard InChI is InChI=1S/C28H40O4/c1-17(2)10-11-21-16-27(14-12-18(3)4)23(30)22(20(7)29)24(31)28(25(27)32,26(21,8)9)15-13-19(5)6/h10,12-13,21,30H,11,14-16H2,1-9H3/t21-,27-,28+/m1/s1. The van der Waals surface area contributed by atoms with E-state index in [2.05, 4.69) is 6.08 Å². The van der Waals surface area contributed by atoms with Crippen molar-refractivity contribution in [2.45, 2.75) is 88.0 Å². The van der Waals surface area contributed by atoms with Gasteiger partial charge in [0.1, 0.15) is 11.2 Å². The normalized spacial score (nSPS) is 28.8. The molecule has 0 aromatic carbocycles. The summed E-state index contributed by atoms with van der Waals surface area (Å²) < 4.78 is 0. The first-order valence-electron chi connectivity index (χ1n) is 11.6. The van der Waals surface area contributed by atoms with Gasteiger partial charge in [-0.3, -0.25) is 14.4 Å². The molecule has 1 fully saturated rings. The molecule has 0 aromatic heterocycles. The number of carbonyl (C=O) groups excluding carboxylic acids is 3. The van der Waals surface area contributed by atoms with E-state index in [-0.39, 0.29) is 29.5 Å². The van der Waals surface area contributed by atoms with E-state index in [1.54, 1.807) is 0 Å². The van der Waals surface area contributed by atoms with Crippen LogP contribution in [-0.4, -0.2) is 22.5 Å². The first-order valence-corrected chi connectivity index (χ1v) is 11.6. The Kier molecular flexibility index (Phi) is 7.28. The van der Waals surface area contributed by atoms with Gasteiger partial charge in [0.05, 0.1) is 11.0 Å². The molecule has 0 aromatic rings. The van der Waals surface area contributed by atoms with Gasteiger partial charge in [-0.25, -0.2) is 0 Å². The van der Waals surface area contributed by atoms with Gasteiger partial charge in [-0.15, -0.1) is 0 Å². The van der Waals surface area contributed by atoms with Crippen molar-refractivity contribution in [3.63, 3.8) is 0 Å². The summed E-state index contributed by atoms with van der Waals surface area (Å²) in [5.74, 6) is -1.54. The Bertz CT molecular complexity index is 944. The van der Waals surface area contributed by atoms with E-state index < -0.39 is 27.8 Å². The lowest BCUT2D eigenvalue weighted by Crippen LogP contribution is -2.67. The predicted octanol–water partition coefficient (Wildman–Crippen LogP) is 6.63. The summed E-state index contributed by atoms with van der Waals surface area (Å²) in [6.45, 7) is 17.2. The van der Waals surface area contributed by atoms with Crippen LogP contribution in [0.1, 0.15) is 88.0 Å². The quantitative estimate of drug-likeness (QED) is 0.274. The molecule has 0 heterocycles. The average Bonchev–Trinajstić information content (AvgIpc) is 2.65. The minimum atomic E-state index is -1.38. The summed E-state index contributed by atoms with van der Waals surface area (Å²) >= 11 is 0. The lowest BCUT2D eigenvalue weighted by atomic mass is 9.40. The van der Waals surface area contributed by atoms with Crippen molar-refractivity contribution < 1.29 is 19.5 Å². The molecule has 2 rings (SSSR count). The van der Waals surface area contributed by atoms with E-state index in [1.165, 1.54) is 12.5 Å². The molecule has 0 saturated heterocycles. The zero-order valence-electron chi connectivity index (χ0n) is 21.3. The van der Waals surface area contributed by atoms with Crippen molar-refractivity contribution in [1.29, 1.82) is 0 Å². The molecule has 2 bridgehead atoms. The number of Topliss-reactive ketones (excluding diaryl/α,β-unsaturated/α-hetero) is 3. The Labute approximate surface area is 193 Å². The number of aliphatic hydroxyl groups is 1. The number of rotatable bonds is 7. The summed E-state index contributed by atoms with van der Waals surface area (Å²) in [6, 6.07) is 0. The van der Waals surface area contributed by atoms with Crippen LogP contribution in [0.5, 0.6) is 0 Å². The Morgan fingerprint density at radius 2 is 1.41 bits per heavy atom. The predicted molar refractivity (Wildman–Crippen MR) is 129 cm³/mol. The van der Waals surface area contributed by atoms with Crippen molar-refractivity contribution in [3.05, 3.63) is 46.3 Å². The monoisotopic (exact) mass is 440 g/mol. The first kappa shape index (κ1) is 26.0. The Hall–Kier alpha value is -2.23. The number of ketones is 3. The molecular weight excluding hydrogens is 400 g/mol. The highest BCUT2D eigenvalue weighted by Gasteiger charge is 2.71. The molecule has 1 N–H and O–H groups in total. The molecule has 0 radical (unpaired) electrons. The van der Waals surface area contributed by atoms with Gasteiger partial charge in [0.2, 0.25) is 0 Å². The second kappa shape index (κ2) is 8.96. The van der Waals surface area contributed by atoms with Gasteiger partial charge in [-0.05, 0) is 85.5 Å². The van der Waals surface area contributed by atoms with Crippen LogP contribution in [0.2, 0.25) is 0 Å². The van der Waals surface area contributed by atoms with Crippen LogP contribution >= 0.6 is 0 Å². The van der Waals surface area contributed by atoms with Crippen molar-refractivity contribution in [2.24, 2.45) is 22.2 Å². The van der Waals surface area contributed by atoms with Crippen molar-refractivity contribution >= 4 is 17.3 Å². The van der Waals surface area contributed by atoms with Crippen molar-refractivity contribution in [3.8, 4) is 0 Å². The summed E-state index contributed by atoms with van der Waals surface area (Å²) in [6.07, 6.45) is 7.70. The molecule has 4 heteroatoms. The molecule has 1 saturated carbocycles. The molecule has 32 heavy (non-hydrogen) atoms. The average molecular weight is 441 g/mol. The van der Waals surface area contributed by atoms with E-state index in [0.29, 0.717) is 19.3 Å². The molecule has 3 atom stereocenters. The largest absolute Gasteiger partial charge is 0.510 e. The Morgan fingerprint density at radius 3 is 1.88 bits per heavy atom. The molecule has 0 unspecified atom stereocenters. The van der Waals surface area contributed by atoms with Gasteiger partial charge >= 0.3 is 0 Å². The number of aliphatic hydroxyl groups excluding tert-OH is 1. The molecule has 4 nitrogen and oxygen atoms in total. The van der Waals surface area contributed by atoms with E-state index >= 15 is 0 Å². The van der Waals surface area contributed by atoms with Crippen LogP contribution in [-0.2, 0) is 14.4 Å². The van der Waals surface area contributed by atoms with Crippen LogP contribution < -0.4 is 0 Å². The van der Waals surface area contributed by atoms with Crippen LogP contribution in [0.4, 0.5) is 0 Å². The van der Waals surface area contributed by atoms with Gasteiger partial charge in [0.15, 0.2) is 17.3 Å². The number of allylic oxidation sites excluding steroid dienone is 8. The van der Waals surface area contributed by atoms with E-state index in [4.69, 9.17) is 0 Å². The van der Waals surface area contributed by atoms with Crippen molar-refractivity contribution in [2.75, 3.05) is 0 Å². The topological polar surface area (TPSA) is 71.4 Å². The lowest BCUT2D eigenvalue weighted by Gasteiger charge is -2.60. The SMILES string of the molecule is CC(=O)C1=C(O)[C@@]2(CC=C(C)C)C[C@@H](CC=C(C)C)C(C)(C)[C@@](CC=C(C)C)(C1=O)C2=O. The third-order valence-corrected chi connectivity index (χ3v) is 7.68. The number of fused-ring (bicyclic) bond motifs is 2.